The van der Waals surface area contributed by atoms with Gasteiger partial charge in [-0.15, -0.1) is 0 Å². The van der Waals surface area contributed by atoms with E-state index in [1.54, 1.807) is 6.07 Å². The van der Waals surface area contributed by atoms with Crippen molar-refractivity contribution in [3.8, 4) is 5.75 Å². The van der Waals surface area contributed by atoms with E-state index in [2.05, 4.69) is 10.3 Å². The fourth-order valence-corrected chi connectivity index (χ4v) is 3.55. The highest BCUT2D eigenvalue weighted by Crippen LogP contribution is 2.29. The molecule has 124 valence electrons. The maximum absolute atomic E-state index is 12.2. The topological polar surface area (TPSA) is 50.7 Å². The Morgan fingerprint density at radius 1 is 1.21 bits per heavy atom. The quantitative estimate of drug-likeness (QED) is 0.869. The van der Waals surface area contributed by atoms with Crippen LogP contribution in [0.4, 0.5) is 5.69 Å². The Labute approximate surface area is 150 Å². The molecule has 2 aromatic carbocycles. The van der Waals surface area contributed by atoms with E-state index in [4.69, 9.17) is 16.3 Å². The maximum Gasteiger partial charge on any atom is 0.239 e. The highest BCUT2D eigenvalue weighted by Gasteiger charge is 2.30. The van der Waals surface area contributed by atoms with Crippen LogP contribution >= 0.6 is 23.4 Å². The molecular weight excluding hydrogens is 344 g/mol. The van der Waals surface area contributed by atoms with Gasteiger partial charge < -0.3 is 10.1 Å². The predicted molar refractivity (Wildman–Crippen MR) is 99.4 cm³/mol. The van der Waals surface area contributed by atoms with E-state index in [0.29, 0.717) is 28.9 Å². The summed E-state index contributed by atoms with van der Waals surface area (Å²) in [5.74, 6) is 0.811. The molecule has 6 heteroatoms. The molecule has 0 unspecified atom stereocenters. The Balaban J connectivity index is 1.68. The molecule has 0 aliphatic carbocycles. The first-order valence-electron chi connectivity index (χ1n) is 7.68. The number of para-hydroxylation sites is 1. The molecule has 4 nitrogen and oxygen atoms in total. The zero-order valence-corrected chi connectivity index (χ0v) is 14.7. The number of amides is 1. The van der Waals surface area contributed by atoms with Crippen LogP contribution in [0, 0.1) is 0 Å². The van der Waals surface area contributed by atoms with E-state index < -0.39 is 0 Å². The normalized spacial score (nSPS) is 18.7. The third-order valence-corrected chi connectivity index (χ3v) is 4.91. The van der Waals surface area contributed by atoms with Crippen LogP contribution in [-0.2, 0) is 11.2 Å². The number of aliphatic imine (C=N–C) groups is 1. The average molecular weight is 361 g/mol. The van der Waals surface area contributed by atoms with Gasteiger partial charge in [0.2, 0.25) is 5.91 Å². The monoisotopic (exact) mass is 360 g/mol. The molecule has 24 heavy (non-hydrogen) atoms. The first-order valence-corrected chi connectivity index (χ1v) is 8.94. The molecular formula is C18H17ClN2O2S. The van der Waals surface area contributed by atoms with Crippen molar-refractivity contribution in [1.82, 2.24) is 5.32 Å². The predicted octanol–water partition coefficient (Wildman–Crippen LogP) is 4.20. The van der Waals surface area contributed by atoms with Crippen LogP contribution in [0.15, 0.2) is 53.5 Å². The van der Waals surface area contributed by atoms with Crippen molar-refractivity contribution in [2.24, 2.45) is 4.99 Å². The molecule has 2 aromatic rings. The lowest BCUT2D eigenvalue weighted by molar-refractivity contribution is -0.118. The summed E-state index contributed by atoms with van der Waals surface area (Å²) >= 11 is 7.54. The van der Waals surface area contributed by atoms with Crippen LogP contribution in [-0.4, -0.2) is 22.9 Å². The van der Waals surface area contributed by atoms with Gasteiger partial charge in [-0.2, -0.15) is 0 Å². The lowest BCUT2D eigenvalue weighted by Gasteiger charge is -2.07. The molecule has 0 bridgehead atoms. The van der Waals surface area contributed by atoms with Crippen LogP contribution in [0.3, 0.4) is 0 Å². The molecule has 1 atom stereocenters. The van der Waals surface area contributed by atoms with Crippen molar-refractivity contribution < 1.29 is 9.53 Å². The van der Waals surface area contributed by atoms with E-state index in [9.17, 15) is 4.79 Å². The average Bonchev–Trinajstić information content (AvgIpc) is 2.91. The number of hydrogen-bond acceptors (Lipinski definition) is 4. The second-order valence-electron chi connectivity index (χ2n) is 5.25. The number of benzene rings is 2. The van der Waals surface area contributed by atoms with Gasteiger partial charge >= 0.3 is 0 Å². The van der Waals surface area contributed by atoms with Crippen LogP contribution in [0.5, 0.6) is 5.75 Å². The number of amidine groups is 1. The summed E-state index contributed by atoms with van der Waals surface area (Å²) in [6, 6.07) is 15.1. The first-order chi connectivity index (χ1) is 11.7. The summed E-state index contributed by atoms with van der Waals surface area (Å²) in [6.45, 7) is 2.59. The number of carbonyl (C=O) groups excluding carboxylic acids is 1. The van der Waals surface area contributed by atoms with E-state index in [1.807, 2.05) is 49.4 Å². The van der Waals surface area contributed by atoms with E-state index in [1.165, 1.54) is 11.8 Å². The van der Waals surface area contributed by atoms with Gasteiger partial charge in [-0.3, -0.25) is 4.79 Å². The lowest BCUT2D eigenvalue weighted by atomic mass is 10.1. The number of ether oxygens (including phenoxy) is 1. The fraction of sp³-hybridized carbons (Fsp3) is 0.222. The highest BCUT2D eigenvalue weighted by atomic mass is 35.5. The Bertz CT molecular complexity index is 762. The molecule has 0 radical (unpaired) electrons. The van der Waals surface area contributed by atoms with E-state index in [0.717, 1.165) is 11.3 Å². The third-order valence-electron chi connectivity index (χ3n) is 3.51. The summed E-state index contributed by atoms with van der Waals surface area (Å²) in [7, 11) is 0. The minimum absolute atomic E-state index is 0.0281. The van der Waals surface area contributed by atoms with Crippen LogP contribution < -0.4 is 10.1 Å². The lowest BCUT2D eigenvalue weighted by Crippen LogP contribution is -2.25. The zero-order chi connectivity index (χ0) is 16.9. The second-order valence-corrected chi connectivity index (χ2v) is 6.84. The molecule has 3 rings (SSSR count). The number of nitrogens with one attached hydrogen (secondary N) is 1. The summed E-state index contributed by atoms with van der Waals surface area (Å²) < 4.78 is 5.43. The van der Waals surface area contributed by atoms with Gasteiger partial charge in [0, 0.05) is 0 Å². The minimum Gasteiger partial charge on any atom is -0.494 e. The van der Waals surface area contributed by atoms with Crippen molar-refractivity contribution in [3.63, 3.8) is 0 Å². The van der Waals surface area contributed by atoms with Crippen LogP contribution in [0.2, 0.25) is 5.02 Å². The number of hydrogen-bond donors (Lipinski definition) is 1. The summed E-state index contributed by atoms with van der Waals surface area (Å²) in [5.41, 5.74) is 1.74. The van der Waals surface area contributed by atoms with Gasteiger partial charge in [0.1, 0.15) is 5.75 Å². The number of carbonyl (C=O) groups is 1. The maximum atomic E-state index is 12.2. The Hall–Kier alpha value is -1.98. The van der Waals surface area contributed by atoms with Gasteiger partial charge in [0.15, 0.2) is 5.17 Å². The number of thioether (sulfide) groups is 1. The van der Waals surface area contributed by atoms with Crippen LogP contribution in [0.1, 0.15) is 12.5 Å². The van der Waals surface area contributed by atoms with Gasteiger partial charge in [-0.25, -0.2) is 4.99 Å². The summed E-state index contributed by atoms with van der Waals surface area (Å²) in [5, 5.41) is 3.78. The summed E-state index contributed by atoms with van der Waals surface area (Å²) in [6.07, 6.45) is 0.643. The van der Waals surface area contributed by atoms with Gasteiger partial charge in [-0.1, -0.05) is 47.6 Å². The van der Waals surface area contributed by atoms with Crippen molar-refractivity contribution in [3.05, 3.63) is 59.1 Å². The molecule has 0 spiro atoms. The molecule has 1 fully saturated rings. The standard InChI is InChI=1S/C18H17ClN2O2S/c1-2-23-13-9-7-12(8-10-13)11-16-17(22)21-18(24-16)20-15-6-4-3-5-14(15)19/h3-10,16H,2,11H2,1H3,(H,20,21,22)/t16-/m0/s1. The van der Waals surface area contributed by atoms with Crippen molar-refractivity contribution in [1.29, 1.82) is 0 Å². The van der Waals surface area contributed by atoms with Crippen LogP contribution in [0.25, 0.3) is 0 Å². The SMILES string of the molecule is CCOc1ccc(C[C@@H]2SC(=Nc3ccccc3Cl)NC2=O)cc1. The Morgan fingerprint density at radius 3 is 2.67 bits per heavy atom. The van der Waals surface area contributed by atoms with Gasteiger partial charge in [0.25, 0.3) is 0 Å². The number of nitrogens with zero attached hydrogens (tertiary/aromatic N) is 1. The first kappa shape index (κ1) is 16.9. The summed E-state index contributed by atoms with van der Waals surface area (Å²) in [4.78, 5) is 16.6. The van der Waals surface area contributed by atoms with Gasteiger partial charge in [0.05, 0.1) is 22.6 Å². The van der Waals surface area contributed by atoms with E-state index in [-0.39, 0.29) is 11.2 Å². The molecule has 0 saturated carbocycles. The second kappa shape index (κ2) is 7.73. The third kappa shape index (κ3) is 4.10. The molecule has 1 aliphatic heterocycles. The molecule has 1 aliphatic rings. The Kier molecular flexibility index (Phi) is 5.43. The smallest absolute Gasteiger partial charge is 0.239 e. The molecule has 1 saturated heterocycles. The zero-order valence-electron chi connectivity index (χ0n) is 13.2. The number of rotatable bonds is 5. The largest absolute Gasteiger partial charge is 0.494 e. The van der Waals surface area contributed by atoms with Crippen molar-refractivity contribution in [2.75, 3.05) is 6.61 Å². The fourth-order valence-electron chi connectivity index (χ4n) is 2.35. The molecule has 0 aromatic heterocycles. The Morgan fingerprint density at radius 2 is 1.96 bits per heavy atom. The number of halogens is 1. The molecule has 1 amide bonds. The molecule has 1 N–H and O–H groups in total. The van der Waals surface area contributed by atoms with Gasteiger partial charge in [-0.05, 0) is 43.2 Å². The molecule has 1 heterocycles. The van der Waals surface area contributed by atoms with Crippen molar-refractivity contribution >= 4 is 40.1 Å². The highest BCUT2D eigenvalue weighted by molar-refractivity contribution is 8.15. The van der Waals surface area contributed by atoms with E-state index >= 15 is 0 Å². The van der Waals surface area contributed by atoms with Crippen molar-refractivity contribution in [2.45, 2.75) is 18.6 Å². The minimum atomic E-state index is -0.191.